The van der Waals surface area contributed by atoms with Crippen LogP contribution in [0.3, 0.4) is 0 Å². The first-order valence-corrected chi connectivity index (χ1v) is 7.67. The molecule has 0 aromatic carbocycles. The molecule has 1 saturated heterocycles. The number of aromatic nitrogens is 4. The summed E-state index contributed by atoms with van der Waals surface area (Å²) in [5.74, 6) is 0.843. The summed E-state index contributed by atoms with van der Waals surface area (Å²) in [5, 5.41) is 4.61. The SMILES string of the molecule is CN1CCCC1CN(c1cnn(C)c1)c1ncc(Cl)c(N)n1. The molecule has 2 aromatic heterocycles. The molecule has 118 valence electrons. The summed E-state index contributed by atoms with van der Waals surface area (Å²) in [4.78, 5) is 13.1. The van der Waals surface area contributed by atoms with Gasteiger partial charge in [-0.25, -0.2) is 4.98 Å². The molecule has 0 bridgehead atoms. The Hall–Kier alpha value is -1.86. The van der Waals surface area contributed by atoms with E-state index in [-0.39, 0.29) is 0 Å². The standard InChI is InChI=1S/C14H20ClN7/c1-20-5-3-4-10(20)9-22(11-6-18-21(2)8-11)14-17-7-12(15)13(16)19-14/h6-8,10H,3-5,9H2,1-2H3,(H2,16,17,19). The summed E-state index contributed by atoms with van der Waals surface area (Å²) in [6, 6.07) is 0.459. The van der Waals surface area contributed by atoms with Crippen LogP contribution in [0, 0.1) is 0 Å². The van der Waals surface area contributed by atoms with Gasteiger partial charge >= 0.3 is 0 Å². The molecule has 1 fully saturated rings. The molecule has 1 aliphatic heterocycles. The van der Waals surface area contributed by atoms with Crippen molar-refractivity contribution in [3.05, 3.63) is 23.6 Å². The summed E-state index contributed by atoms with van der Waals surface area (Å²) in [5.41, 5.74) is 6.78. The van der Waals surface area contributed by atoms with Crippen molar-refractivity contribution in [2.75, 3.05) is 30.8 Å². The van der Waals surface area contributed by atoms with Gasteiger partial charge in [0, 0.05) is 25.8 Å². The summed E-state index contributed by atoms with van der Waals surface area (Å²) < 4.78 is 1.76. The van der Waals surface area contributed by atoms with E-state index < -0.39 is 0 Å². The molecule has 2 aromatic rings. The number of aryl methyl sites for hydroxylation is 1. The monoisotopic (exact) mass is 321 g/mol. The molecular weight excluding hydrogens is 302 g/mol. The molecular formula is C14H20ClN7. The number of halogens is 1. The van der Waals surface area contributed by atoms with E-state index in [1.54, 1.807) is 10.9 Å². The van der Waals surface area contributed by atoms with Crippen molar-refractivity contribution in [2.45, 2.75) is 18.9 Å². The summed E-state index contributed by atoms with van der Waals surface area (Å²) in [7, 11) is 4.04. The van der Waals surface area contributed by atoms with E-state index in [0.717, 1.165) is 25.2 Å². The molecule has 0 amide bonds. The highest BCUT2D eigenvalue weighted by Crippen LogP contribution is 2.27. The molecule has 0 radical (unpaired) electrons. The molecule has 3 heterocycles. The van der Waals surface area contributed by atoms with Gasteiger partial charge < -0.3 is 15.5 Å². The number of hydrogen-bond donors (Lipinski definition) is 1. The minimum atomic E-state index is 0.292. The molecule has 1 atom stereocenters. The van der Waals surface area contributed by atoms with Gasteiger partial charge in [-0.05, 0) is 26.4 Å². The smallest absolute Gasteiger partial charge is 0.232 e. The number of nitrogens with two attached hydrogens (primary N) is 1. The van der Waals surface area contributed by atoms with E-state index in [1.807, 2.05) is 24.3 Å². The van der Waals surface area contributed by atoms with Crippen molar-refractivity contribution >= 4 is 29.1 Å². The van der Waals surface area contributed by atoms with E-state index >= 15 is 0 Å². The molecule has 3 rings (SSSR count). The second-order valence-corrected chi connectivity index (χ2v) is 6.07. The third kappa shape index (κ3) is 3.00. The second-order valence-electron chi connectivity index (χ2n) is 5.66. The number of hydrogen-bond acceptors (Lipinski definition) is 6. The Balaban J connectivity index is 1.93. The van der Waals surface area contributed by atoms with E-state index in [4.69, 9.17) is 17.3 Å². The fourth-order valence-corrected chi connectivity index (χ4v) is 2.86. The molecule has 0 saturated carbocycles. The Kier molecular flexibility index (Phi) is 4.17. The Morgan fingerprint density at radius 2 is 2.23 bits per heavy atom. The van der Waals surface area contributed by atoms with Crippen LogP contribution in [0.2, 0.25) is 5.02 Å². The van der Waals surface area contributed by atoms with Crippen LogP contribution in [-0.2, 0) is 7.05 Å². The number of likely N-dealkylation sites (N-methyl/N-ethyl adjacent to an activating group) is 1. The predicted octanol–water partition coefficient (Wildman–Crippen LogP) is 1.68. The number of likely N-dealkylation sites (tertiary alicyclic amines) is 1. The maximum atomic E-state index is 5.94. The first-order valence-electron chi connectivity index (χ1n) is 7.29. The lowest BCUT2D eigenvalue weighted by molar-refractivity contribution is 0.315. The summed E-state index contributed by atoms with van der Waals surface area (Å²) in [6.07, 6.45) is 7.68. The topological polar surface area (TPSA) is 76.1 Å². The van der Waals surface area contributed by atoms with E-state index in [0.29, 0.717) is 22.8 Å². The summed E-state index contributed by atoms with van der Waals surface area (Å²) >= 11 is 5.94. The van der Waals surface area contributed by atoms with Crippen LogP contribution in [-0.4, -0.2) is 50.8 Å². The quantitative estimate of drug-likeness (QED) is 0.923. The Morgan fingerprint density at radius 3 is 2.82 bits per heavy atom. The van der Waals surface area contributed by atoms with Gasteiger partial charge in [-0.1, -0.05) is 11.6 Å². The first-order chi connectivity index (χ1) is 10.5. The molecule has 0 spiro atoms. The van der Waals surface area contributed by atoms with Gasteiger partial charge in [0.2, 0.25) is 5.95 Å². The van der Waals surface area contributed by atoms with Crippen molar-refractivity contribution in [1.29, 1.82) is 0 Å². The van der Waals surface area contributed by atoms with Crippen molar-refractivity contribution in [3.8, 4) is 0 Å². The van der Waals surface area contributed by atoms with E-state index in [1.165, 1.54) is 6.42 Å². The van der Waals surface area contributed by atoms with Crippen LogP contribution in [0.4, 0.5) is 17.5 Å². The highest BCUT2D eigenvalue weighted by atomic mass is 35.5. The second kappa shape index (κ2) is 6.10. The molecule has 7 nitrogen and oxygen atoms in total. The maximum Gasteiger partial charge on any atom is 0.232 e. The van der Waals surface area contributed by atoms with Gasteiger partial charge in [-0.2, -0.15) is 10.1 Å². The Bertz CT molecular complexity index is 656. The Labute approximate surface area is 134 Å². The van der Waals surface area contributed by atoms with Gasteiger partial charge in [0.05, 0.1) is 18.1 Å². The number of anilines is 3. The molecule has 8 heteroatoms. The van der Waals surface area contributed by atoms with Gasteiger partial charge in [-0.3, -0.25) is 4.68 Å². The fraction of sp³-hybridized carbons (Fsp3) is 0.500. The van der Waals surface area contributed by atoms with Gasteiger partial charge in [0.1, 0.15) is 10.8 Å². The molecule has 0 aliphatic carbocycles. The lowest BCUT2D eigenvalue weighted by Crippen LogP contribution is -2.37. The van der Waals surface area contributed by atoms with Gasteiger partial charge in [0.25, 0.3) is 0 Å². The lowest BCUT2D eigenvalue weighted by Gasteiger charge is -2.28. The van der Waals surface area contributed by atoms with Crippen LogP contribution >= 0.6 is 11.6 Å². The lowest BCUT2D eigenvalue weighted by atomic mass is 10.2. The Morgan fingerprint density at radius 1 is 1.41 bits per heavy atom. The number of nitrogen functional groups attached to an aromatic ring is 1. The third-order valence-corrected chi connectivity index (χ3v) is 4.36. The van der Waals surface area contributed by atoms with Gasteiger partial charge in [-0.15, -0.1) is 0 Å². The van der Waals surface area contributed by atoms with Crippen molar-refractivity contribution < 1.29 is 0 Å². The zero-order chi connectivity index (χ0) is 15.7. The largest absolute Gasteiger partial charge is 0.382 e. The normalized spacial score (nSPS) is 18.8. The zero-order valence-corrected chi connectivity index (χ0v) is 13.5. The first kappa shape index (κ1) is 15.1. The molecule has 22 heavy (non-hydrogen) atoms. The van der Waals surface area contributed by atoms with Crippen molar-refractivity contribution in [1.82, 2.24) is 24.6 Å². The van der Waals surface area contributed by atoms with Gasteiger partial charge in [0.15, 0.2) is 0 Å². The van der Waals surface area contributed by atoms with Crippen LogP contribution in [0.5, 0.6) is 0 Å². The molecule has 2 N–H and O–H groups in total. The van der Waals surface area contributed by atoms with Crippen LogP contribution in [0.1, 0.15) is 12.8 Å². The minimum Gasteiger partial charge on any atom is -0.382 e. The van der Waals surface area contributed by atoms with Crippen molar-refractivity contribution in [2.24, 2.45) is 7.05 Å². The number of nitrogens with zero attached hydrogens (tertiary/aromatic N) is 6. The zero-order valence-electron chi connectivity index (χ0n) is 12.8. The fourth-order valence-electron chi connectivity index (χ4n) is 2.77. The van der Waals surface area contributed by atoms with E-state index in [2.05, 4.69) is 27.0 Å². The van der Waals surface area contributed by atoms with Crippen LogP contribution < -0.4 is 10.6 Å². The summed E-state index contributed by atoms with van der Waals surface area (Å²) in [6.45, 7) is 1.92. The average Bonchev–Trinajstić information content (AvgIpc) is 3.08. The highest BCUT2D eigenvalue weighted by Gasteiger charge is 2.26. The van der Waals surface area contributed by atoms with Crippen LogP contribution in [0.15, 0.2) is 18.6 Å². The molecule has 1 aliphatic rings. The highest BCUT2D eigenvalue weighted by molar-refractivity contribution is 6.32. The van der Waals surface area contributed by atoms with E-state index in [9.17, 15) is 0 Å². The maximum absolute atomic E-state index is 5.94. The minimum absolute atomic E-state index is 0.292. The van der Waals surface area contributed by atoms with Crippen molar-refractivity contribution in [3.63, 3.8) is 0 Å². The third-order valence-electron chi connectivity index (χ3n) is 4.07. The number of rotatable bonds is 4. The predicted molar refractivity (Wildman–Crippen MR) is 87.3 cm³/mol. The van der Waals surface area contributed by atoms with Crippen LogP contribution in [0.25, 0.3) is 0 Å². The molecule has 1 unspecified atom stereocenters. The average molecular weight is 322 g/mol.